The maximum atomic E-state index is 11.4. The number of aliphatic carboxylic acids is 1. The number of aryl methyl sites for hydroxylation is 2. The molecule has 98 valence electrons. The van der Waals surface area contributed by atoms with E-state index in [9.17, 15) is 9.59 Å². The molecule has 0 saturated carbocycles. The number of rotatable bonds is 6. The lowest BCUT2D eigenvalue weighted by atomic mass is 10.1. The molecule has 0 aromatic heterocycles. The van der Waals surface area contributed by atoms with E-state index in [1.165, 1.54) is 5.56 Å². The Morgan fingerprint density at radius 3 is 2.61 bits per heavy atom. The largest absolute Gasteiger partial charge is 0.480 e. The molecule has 0 spiro atoms. The minimum atomic E-state index is -1.09. The topological polar surface area (TPSA) is 75.6 Å². The van der Waals surface area contributed by atoms with Crippen LogP contribution in [-0.4, -0.2) is 30.2 Å². The first-order valence-electron chi connectivity index (χ1n) is 5.72. The fourth-order valence-electron chi connectivity index (χ4n) is 1.60. The van der Waals surface area contributed by atoms with Crippen molar-refractivity contribution in [2.75, 3.05) is 18.5 Å². The molecule has 1 rings (SSSR count). The SMILES string of the molecule is CCc1ccc(NC(=O)COCC(=O)O)cc1C. The summed E-state index contributed by atoms with van der Waals surface area (Å²) < 4.78 is 4.69. The predicted octanol–water partition coefficient (Wildman–Crippen LogP) is 1.60. The zero-order valence-electron chi connectivity index (χ0n) is 10.5. The van der Waals surface area contributed by atoms with E-state index in [0.29, 0.717) is 5.69 Å². The number of benzene rings is 1. The molecule has 0 unspecified atom stereocenters. The number of carboxylic acids is 1. The summed E-state index contributed by atoms with van der Waals surface area (Å²) in [5.41, 5.74) is 3.03. The summed E-state index contributed by atoms with van der Waals surface area (Å²) in [4.78, 5) is 21.6. The standard InChI is InChI=1S/C13H17NO4/c1-3-10-4-5-11(6-9(10)2)14-12(15)7-18-8-13(16)17/h4-6H,3,7-8H2,1-2H3,(H,14,15)(H,16,17). The minimum Gasteiger partial charge on any atom is -0.480 e. The van der Waals surface area contributed by atoms with Crippen LogP contribution < -0.4 is 5.32 Å². The van der Waals surface area contributed by atoms with Crippen molar-refractivity contribution in [3.05, 3.63) is 29.3 Å². The second kappa shape index (κ2) is 6.76. The van der Waals surface area contributed by atoms with E-state index in [0.717, 1.165) is 12.0 Å². The van der Waals surface area contributed by atoms with Gasteiger partial charge in [0.2, 0.25) is 5.91 Å². The zero-order valence-corrected chi connectivity index (χ0v) is 10.5. The van der Waals surface area contributed by atoms with Crippen LogP contribution in [0.25, 0.3) is 0 Å². The average Bonchev–Trinajstić information content (AvgIpc) is 2.28. The van der Waals surface area contributed by atoms with Gasteiger partial charge < -0.3 is 15.2 Å². The van der Waals surface area contributed by atoms with Crippen LogP contribution in [-0.2, 0) is 20.7 Å². The smallest absolute Gasteiger partial charge is 0.329 e. The number of nitrogens with one attached hydrogen (secondary N) is 1. The molecule has 1 aromatic rings. The molecule has 5 heteroatoms. The summed E-state index contributed by atoms with van der Waals surface area (Å²) in [6.07, 6.45) is 0.946. The molecule has 0 aliphatic carbocycles. The molecule has 0 saturated heterocycles. The molecule has 5 nitrogen and oxygen atoms in total. The highest BCUT2D eigenvalue weighted by Crippen LogP contribution is 2.15. The van der Waals surface area contributed by atoms with Gasteiger partial charge in [0.15, 0.2) is 0 Å². The molecule has 0 atom stereocenters. The Labute approximate surface area is 106 Å². The maximum Gasteiger partial charge on any atom is 0.329 e. The Balaban J connectivity index is 2.49. The quantitative estimate of drug-likeness (QED) is 0.805. The summed E-state index contributed by atoms with van der Waals surface area (Å²) in [5.74, 6) is -1.45. The fourth-order valence-corrected chi connectivity index (χ4v) is 1.60. The second-order valence-electron chi connectivity index (χ2n) is 3.93. The summed E-state index contributed by atoms with van der Waals surface area (Å²) >= 11 is 0. The van der Waals surface area contributed by atoms with Gasteiger partial charge in [0, 0.05) is 5.69 Å². The van der Waals surface area contributed by atoms with Crippen molar-refractivity contribution < 1.29 is 19.4 Å². The third-order valence-electron chi connectivity index (χ3n) is 2.47. The van der Waals surface area contributed by atoms with Crippen LogP contribution in [0.1, 0.15) is 18.1 Å². The van der Waals surface area contributed by atoms with E-state index in [1.54, 1.807) is 0 Å². The van der Waals surface area contributed by atoms with Crippen LogP contribution in [0.3, 0.4) is 0 Å². The third-order valence-corrected chi connectivity index (χ3v) is 2.47. The molecule has 0 bridgehead atoms. The van der Waals surface area contributed by atoms with Crippen LogP contribution in [0.5, 0.6) is 0 Å². The molecule has 0 aliphatic rings. The minimum absolute atomic E-state index is 0.263. The lowest BCUT2D eigenvalue weighted by molar-refractivity contribution is -0.143. The number of hydrogen-bond acceptors (Lipinski definition) is 3. The average molecular weight is 251 g/mol. The maximum absolute atomic E-state index is 11.4. The van der Waals surface area contributed by atoms with Gasteiger partial charge in [-0.05, 0) is 36.6 Å². The van der Waals surface area contributed by atoms with Gasteiger partial charge in [-0.25, -0.2) is 4.79 Å². The predicted molar refractivity (Wildman–Crippen MR) is 67.6 cm³/mol. The van der Waals surface area contributed by atoms with Crippen molar-refractivity contribution in [3.8, 4) is 0 Å². The number of hydrogen-bond donors (Lipinski definition) is 2. The van der Waals surface area contributed by atoms with Crippen LogP contribution in [0.15, 0.2) is 18.2 Å². The van der Waals surface area contributed by atoms with E-state index < -0.39 is 12.6 Å². The van der Waals surface area contributed by atoms with E-state index in [4.69, 9.17) is 9.84 Å². The van der Waals surface area contributed by atoms with E-state index in [2.05, 4.69) is 12.2 Å². The van der Waals surface area contributed by atoms with Crippen molar-refractivity contribution >= 4 is 17.6 Å². The van der Waals surface area contributed by atoms with Crippen LogP contribution >= 0.6 is 0 Å². The monoisotopic (exact) mass is 251 g/mol. The van der Waals surface area contributed by atoms with Gasteiger partial charge in [0.1, 0.15) is 13.2 Å². The number of carbonyl (C=O) groups is 2. The lowest BCUT2D eigenvalue weighted by Gasteiger charge is -2.08. The van der Waals surface area contributed by atoms with Gasteiger partial charge in [0.25, 0.3) is 0 Å². The van der Waals surface area contributed by atoms with Crippen molar-refractivity contribution in [1.82, 2.24) is 0 Å². The Bertz CT molecular complexity index is 443. The molecule has 1 amide bonds. The van der Waals surface area contributed by atoms with E-state index in [-0.39, 0.29) is 12.5 Å². The highest BCUT2D eigenvalue weighted by molar-refractivity contribution is 5.91. The number of carbonyl (C=O) groups excluding carboxylic acids is 1. The summed E-state index contributed by atoms with van der Waals surface area (Å²) in [5, 5.41) is 11.0. The normalized spacial score (nSPS) is 10.1. The van der Waals surface area contributed by atoms with Crippen molar-refractivity contribution in [3.63, 3.8) is 0 Å². The fraction of sp³-hybridized carbons (Fsp3) is 0.385. The lowest BCUT2D eigenvalue weighted by Crippen LogP contribution is -2.20. The molecule has 2 N–H and O–H groups in total. The van der Waals surface area contributed by atoms with Crippen molar-refractivity contribution in [1.29, 1.82) is 0 Å². The number of anilines is 1. The molecule has 1 aromatic carbocycles. The zero-order chi connectivity index (χ0) is 13.5. The molecule has 0 fully saturated rings. The van der Waals surface area contributed by atoms with Crippen LogP contribution in [0, 0.1) is 6.92 Å². The Morgan fingerprint density at radius 1 is 1.33 bits per heavy atom. The first kappa shape index (κ1) is 14.2. The Hall–Kier alpha value is -1.88. The highest BCUT2D eigenvalue weighted by Gasteiger charge is 2.05. The molecule has 18 heavy (non-hydrogen) atoms. The van der Waals surface area contributed by atoms with Gasteiger partial charge in [-0.3, -0.25) is 4.79 Å². The number of amides is 1. The highest BCUT2D eigenvalue weighted by atomic mass is 16.5. The molecule has 0 radical (unpaired) electrons. The summed E-state index contributed by atoms with van der Waals surface area (Å²) in [6, 6.07) is 5.66. The van der Waals surface area contributed by atoms with Gasteiger partial charge in [0.05, 0.1) is 0 Å². The first-order chi connectivity index (χ1) is 8.52. The van der Waals surface area contributed by atoms with Crippen molar-refractivity contribution in [2.24, 2.45) is 0 Å². The Morgan fingerprint density at radius 2 is 2.06 bits per heavy atom. The van der Waals surface area contributed by atoms with Crippen LogP contribution in [0.2, 0.25) is 0 Å². The molecule has 0 heterocycles. The molecule has 0 aliphatic heterocycles. The van der Waals surface area contributed by atoms with Gasteiger partial charge >= 0.3 is 5.97 Å². The van der Waals surface area contributed by atoms with Crippen molar-refractivity contribution in [2.45, 2.75) is 20.3 Å². The van der Waals surface area contributed by atoms with E-state index >= 15 is 0 Å². The molecular formula is C13H17NO4. The van der Waals surface area contributed by atoms with Gasteiger partial charge in [-0.2, -0.15) is 0 Å². The molecular weight excluding hydrogens is 234 g/mol. The van der Waals surface area contributed by atoms with E-state index in [1.807, 2.05) is 25.1 Å². The third kappa shape index (κ3) is 4.55. The van der Waals surface area contributed by atoms with Gasteiger partial charge in [-0.15, -0.1) is 0 Å². The summed E-state index contributed by atoms with van der Waals surface area (Å²) in [7, 11) is 0. The number of carboxylic acid groups (broad SMARTS) is 1. The van der Waals surface area contributed by atoms with Crippen LogP contribution in [0.4, 0.5) is 5.69 Å². The first-order valence-corrected chi connectivity index (χ1v) is 5.72. The Kier molecular flexibility index (Phi) is 5.32. The summed E-state index contributed by atoms with van der Waals surface area (Å²) in [6.45, 7) is 3.32. The number of ether oxygens (including phenoxy) is 1. The second-order valence-corrected chi connectivity index (χ2v) is 3.93. The van der Waals surface area contributed by atoms with Gasteiger partial charge in [-0.1, -0.05) is 13.0 Å².